The molecule has 0 spiro atoms. The van der Waals surface area contributed by atoms with E-state index in [0.29, 0.717) is 11.5 Å². The summed E-state index contributed by atoms with van der Waals surface area (Å²) in [6.45, 7) is 10.3. The molecule has 1 heterocycles. The van der Waals surface area contributed by atoms with Crippen LogP contribution in [0.5, 0.6) is 0 Å². The summed E-state index contributed by atoms with van der Waals surface area (Å²) in [7, 11) is 0. The standard InChI is InChI=1S/C15H31NO/c1-4-11-16-12-10-15(2,3)9-5-7-14-8-6-13-17-14/h14,16H,4-13H2,1-3H3. The van der Waals surface area contributed by atoms with Crippen LogP contribution in [0.25, 0.3) is 0 Å². The van der Waals surface area contributed by atoms with Gasteiger partial charge in [-0.3, -0.25) is 0 Å². The summed E-state index contributed by atoms with van der Waals surface area (Å²) in [5.74, 6) is 0. The minimum Gasteiger partial charge on any atom is -0.378 e. The molecule has 0 radical (unpaired) electrons. The molecule has 1 fully saturated rings. The van der Waals surface area contributed by atoms with Gasteiger partial charge in [0.15, 0.2) is 0 Å². The van der Waals surface area contributed by atoms with Crippen LogP contribution >= 0.6 is 0 Å². The number of nitrogens with one attached hydrogen (secondary N) is 1. The Bertz CT molecular complexity index is 185. The lowest BCUT2D eigenvalue weighted by molar-refractivity contribution is 0.0983. The van der Waals surface area contributed by atoms with E-state index in [0.717, 1.165) is 13.2 Å². The first-order valence-corrected chi connectivity index (χ1v) is 7.46. The molecule has 2 nitrogen and oxygen atoms in total. The fraction of sp³-hybridized carbons (Fsp3) is 1.00. The number of hydrogen-bond acceptors (Lipinski definition) is 2. The smallest absolute Gasteiger partial charge is 0.0576 e. The van der Waals surface area contributed by atoms with Gasteiger partial charge in [-0.25, -0.2) is 0 Å². The molecule has 1 atom stereocenters. The monoisotopic (exact) mass is 241 g/mol. The average Bonchev–Trinajstić information content (AvgIpc) is 2.77. The van der Waals surface area contributed by atoms with E-state index in [4.69, 9.17) is 4.74 Å². The van der Waals surface area contributed by atoms with Gasteiger partial charge in [0.2, 0.25) is 0 Å². The molecular formula is C15H31NO. The predicted octanol–water partition coefficient (Wildman–Crippen LogP) is 3.75. The SMILES string of the molecule is CCCNCCC(C)(C)CCCC1CCCO1. The molecular weight excluding hydrogens is 210 g/mol. The maximum absolute atomic E-state index is 5.67. The van der Waals surface area contributed by atoms with Crippen LogP contribution in [0.3, 0.4) is 0 Å². The van der Waals surface area contributed by atoms with Crippen LogP contribution < -0.4 is 5.32 Å². The van der Waals surface area contributed by atoms with Crippen LogP contribution in [-0.4, -0.2) is 25.8 Å². The van der Waals surface area contributed by atoms with Crippen molar-refractivity contribution in [2.45, 2.75) is 71.8 Å². The Balaban J connectivity index is 2.02. The molecule has 1 aliphatic rings. The summed E-state index contributed by atoms with van der Waals surface area (Å²) < 4.78 is 5.67. The van der Waals surface area contributed by atoms with Gasteiger partial charge in [0, 0.05) is 6.61 Å². The van der Waals surface area contributed by atoms with E-state index >= 15 is 0 Å². The van der Waals surface area contributed by atoms with Gasteiger partial charge in [-0.15, -0.1) is 0 Å². The minimum atomic E-state index is 0.485. The molecule has 1 saturated heterocycles. The van der Waals surface area contributed by atoms with Crippen molar-refractivity contribution in [2.24, 2.45) is 5.41 Å². The second-order valence-electron chi connectivity index (χ2n) is 6.19. The van der Waals surface area contributed by atoms with E-state index in [1.807, 2.05) is 0 Å². The average molecular weight is 241 g/mol. The Hall–Kier alpha value is -0.0800. The fourth-order valence-corrected chi connectivity index (χ4v) is 2.53. The first-order chi connectivity index (χ1) is 8.14. The molecule has 1 aliphatic heterocycles. The Labute approximate surface area is 108 Å². The number of hydrogen-bond donors (Lipinski definition) is 1. The summed E-state index contributed by atoms with van der Waals surface area (Å²) in [6, 6.07) is 0. The molecule has 0 aromatic carbocycles. The van der Waals surface area contributed by atoms with Crippen molar-refractivity contribution in [3.05, 3.63) is 0 Å². The quantitative estimate of drug-likeness (QED) is 0.621. The van der Waals surface area contributed by atoms with Crippen molar-refractivity contribution < 1.29 is 4.74 Å². The third-order valence-electron chi connectivity index (χ3n) is 3.81. The zero-order valence-electron chi connectivity index (χ0n) is 12.1. The van der Waals surface area contributed by atoms with Crippen LogP contribution in [0, 0.1) is 5.41 Å². The maximum atomic E-state index is 5.67. The van der Waals surface area contributed by atoms with Crippen molar-refractivity contribution in [3.63, 3.8) is 0 Å². The van der Waals surface area contributed by atoms with Gasteiger partial charge in [-0.2, -0.15) is 0 Å². The van der Waals surface area contributed by atoms with E-state index in [9.17, 15) is 0 Å². The molecule has 0 aliphatic carbocycles. The molecule has 0 amide bonds. The van der Waals surface area contributed by atoms with Crippen LogP contribution in [0.2, 0.25) is 0 Å². The van der Waals surface area contributed by atoms with Gasteiger partial charge >= 0.3 is 0 Å². The molecule has 0 aromatic heterocycles. The highest BCUT2D eigenvalue weighted by atomic mass is 16.5. The van der Waals surface area contributed by atoms with Gasteiger partial charge in [0.1, 0.15) is 0 Å². The van der Waals surface area contributed by atoms with Crippen molar-refractivity contribution in [1.29, 1.82) is 0 Å². The normalized spacial score (nSPS) is 21.0. The van der Waals surface area contributed by atoms with Crippen LogP contribution in [0.15, 0.2) is 0 Å². The molecule has 0 saturated carbocycles. The summed E-state index contributed by atoms with van der Waals surface area (Å²) in [5.41, 5.74) is 0.485. The van der Waals surface area contributed by atoms with Crippen molar-refractivity contribution in [2.75, 3.05) is 19.7 Å². The van der Waals surface area contributed by atoms with Crippen molar-refractivity contribution in [1.82, 2.24) is 5.32 Å². The molecule has 1 unspecified atom stereocenters. The summed E-state index contributed by atoms with van der Waals surface area (Å²) in [5, 5.41) is 3.50. The Morgan fingerprint density at radius 2 is 2.06 bits per heavy atom. The van der Waals surface area contributed by atoms with E-state index in [1.54, 1.807) is 0 Å². The van der Waals surface area contributed by atoms with Crippen LogP contribution in [-0.2, 0) is 4.74 Å². The number of rotatable bonds is 9. The van der Waals surface area contributed by atoms with Gasteiger partial charge in [0.25, 0.3) is 0 Å². The zero-order chi connectivity index (χ0) is 12.6. The highest BCUT2D eigenvalue weighted by molar-refractivity contribution is 4.72. The predicted molar refractivity (Wildman–Crippen MR) is 74.4 cm³/mol. The minimum absolute atomic E-state index is 0.485. The summed E-state index contributed by atoms with van der Waals surface area (Å²) >= 11 is 0. The molecule has 17 heavy (non-hydrogen) atoms. The molecule has 1 rings (SSSR count). The molecule has 1 N–H and O–H groups in total. The fourth-order valence-electron chi connectivity index (χ4n) is 2.53. The van der Waals surface area contributed by atoms with Crippen LogP contribution in [0.4, 0.5) is 0 Å². The Kier molecular flexibility index (Phi) is 7.14. The topological polar surface area (TPSA) is 21.3 Å². The highest BCUT2D eigenvalue weighted by Crippen LogP contribution is 2.28. The Morgan fingerprint density at radius 1 is 1.24 bits per heavy atom. The van der Waals surface area contributed by atoms with Crippen LogP contribution in [0.1, 0.15) is 65.7 Å². The molecule has 0 bridgehead atoms. The van der Waals surface area contributed by atoms with Gasteiger partial charge in [0.05, 0.1) is 6.10 Å². The second-order valence-corrected chi connectivity index (χ2v) is 6.19. The maximum Gasteiger partial charge on any atom is 0.0576 e. The molecule has 2 heteroatoms. The first-order valence-electron chi connectivity index (χ1n) is 7.46. The lowest BCUT2D eigenvalue weighted by Crippen LogP contribution is -2.23. The van der Waals surface area contributed by atoms with E-state index in [1.165, 1.54) is 51.5 Å². The van der Waals surface area contributed by atoms with E-state index < -0.39 is 0 Å². The highest BCUT2D eigenvalue weighted by Gasteiger charge is 2.19. The second kappa shape index (κ2) is 8.10. The molecule has 0 aromatic rings. The largest absolute Gasteiger partial charge is 0.378 e. The molecule has 102 valence electrons. The summed E-state index contributed by atoms with van der Waals surface area (Å²) in [4.78, 5) is 0. The van der Waals surface area contributed by atoms with Gasteiger partial charge in [-0.05, 0) is 57.0 Å². The van der Waals surface area contributed by atoms with E-state index in [-0.39, 0.29) is 0 Å². The lowest BCUT2D eigenvalue weighted by Gasteiger charge is -2.25. The zero-order valence-corrected chi connectivity index (χ0v) is 12.1. The lowest BCUT2D eigenvalue weighted by atomic mass is 9.83. The third kappa shape index (κ3) is 7.05. The van der Waals surface area contributed by atoms with Gasteiger partial charge < -0.3 is 10.1 Å². The van der Waals surface area contributed by atoms with Crippen molar-refractivity contribution >= 4 is 0 Å². The first kappa shape index (κ1) is 15.0. The summed E-state index contributed by atoms with van der Waals surface area (Å²) in [6.07, 6.45) is 9.59. The van der Waals surface area contributed by atoms with Crippen molar-refractivity contribution in [3.8, 4) is 0 Å². The van der Waals surface area contributed by atoms with E-state index in [2.05, 4.69) is 26.1 Å². The van der Waals surface area contributed by atoms with Gasteiger partial charge in [-0.1, -0.05) is 27.2 Å². The number of ether oxygens (including phenoxy) is 1. The third-order valence-corrected chi connectivity index (χ3v) is 3.81. The Morgan fingerprint density at radius 3 is 2.71 bits per heavy atom.